The fraction of sp³-hybridized carbons (Fsp3) is 0.600. The molecule has 17 heavy (non-hydrogen) atoms. The van der Waals surface area contributed by atoms with Crippen molar-refractivity contribution in [2.24, 2.45) is 0 Å². The lowest BCUT2D eigenvalue weighted by Gasteiger charge is -2.07. The van der Waals surface area contributed by atoms with Crippen molar-refractivity contribution >= 4 is 17.3 Å². The summed E-state index contributed by atoms with van der Waals surface area (Å²) >= 11 is 0. The van der Waals surface area contributed by atoms with Gasteiger partial charge in [0.25, 0.3) is 0 Å². The van der Waals surface area contributed by atoms with Crippen LogP contribution < -0.4 is 10.6 Å². The van der Waals surface area contributed by atoms with Crippen LogP contribution >= 0.6 is 0 Å². The number of aromatic nitrogens is 2. The van der Waals surface area contributed by atoms with Gasteiger partial charge in [-0.25, -0.2) is 9.97 Å². The largest absolute Gasteiger partial charge is 0.367 e. The molecule has 1 aromatic heterocycles. The van der Waals surface area contributed by atoms with Gasteiger partial charge in [-0.2, -0.15) is 0 Å². The zero-order chi connectivity index (χ0) is 12.7. The number of anilines is 2. The minimum absolute atomic E-state index is 0.105. The Labute approximate surface area is 99.8 Å². The molecule has 0 spiro atoms. The van der Waals surface area contributed by atoms with E-state index in [0.717, 1.165) is 19.3 Å². The van der Waals surface area contributed by atoms with E-state index in [1.807, 2.05) is 0 Å². The molecule has 0 saturated carbocycles. The van der Waals surface area contributed by atoms with E-state index in [2.05, 4.69) is 27.5 Å². The van der Waals surface area contributed by atoms with E-state index in [-0.39, 0.29) is 17.3 Å². The van der Waals surface area contributed by atoms with Gasteiger partial charge in [0, 0.05) is 13.6 Å². The van der Waals surface area contributed by atoms with Crippen LogP contribution in [0.3, 0.4) is 0 Å². The zero-order valence-electron chi connectivity index (χ0n) is 10.1. The standard InChI is InChI=1S/C10H17N5O2/c1-3-4-5-6-12-10-8(15(16)17)9(11-2)13-7-14-10/h7H,3-6H2,1-2H3,(H2,11,12,13,14). The third kappa shape index (κ3) is 3.54. The molecule has 0 saturated heterocycles. The third-order valence-electron chi connectivity index (χ3n) is 2.31. The molecule has 0 amide bonds. The molecule has 0 aromatic carbocycles. The van der Waals surface area contributed by atoms with Gasteiger partial charge < -0.3 is 10.6 Å². The highest BCUT2D eigenvalue weighted by Crippen LogP contribution is 2.28. The molecule has 0 atom stereocenters. The summed E-state index contributed by atoms with van der Waals surface area (Å²) in [6, 6.07) is 0. The Morgan fingerprint density at radius 3 is 2.65 bits per heavy atom. The van der Waals surface area contributed by atoms with Crippen molar-refractivity contribution in [3.8, 4) is 0 Å². The van der Waals surface area contributed by atoms with Crippen LogP contribution in [0.4, 0.5) is 17.3 Å². The second-order valence-corrected chi connectivity index (χ2v) is 3.56. The molecule has 94 valence electrons. The van der Waals surface area contributed by atoms with E-state index in [1.54, 1.807) is 7.05 Å². The molecule has 1 heterocycles. The van der Waals surface area contributed by atoms with E-state index >= 15 is 0 Å². The van der Waals surface area contributed by atoms with Gasteiger partial charge in [-0.3, -0.25) is 10.1 Å². The number of nitrogens with zero attached hydrogens (tertiary/aromatic N) is 3. The molecule has 0 aliphatic heterocycles. The van der Waals surface area contributed by atoms with Gasteiger partial charge in [0.05, 0.1) is 4.92 Å². The van der Waals surface area contributed by atoms with E-state index in [4.69, 9.17) is 0 Å². The summed E-state index contributed by atoms with van der Waals surface area (Å²) in [6.07, 6.45) is 4.47. The van der Waals surface area contributed by atoms with Crippen LogP contribution in [0.2, 0.25) is 0 Å². The summed E-state index contributed by atoms with van der Waals surface area (Å²) in [7, 11) is 1.59. The molecule has 0 radical (unpaired) electrons. The average Bonchev–Trinajstić information content (AvgIpc) is 2.33. The van der Waals surface area contributed by atoms with Crippen molar-refractivity contribution in [3.63, 3.8) is 0 Å². The average molecular weight is 239 g/mol. The Morgan fingerprint density at radius 1 is 1.35 bits per heavy atom. The van der Waals surface area contributed by atoms with Crippen molar-refractivity contribution in [2.45, 2.75) is 26.2 Å². The van der Waals surface area contributed by atoms with Crippen molar-refractivity contribution in [1.82, 2.24) is 9.97 Å². The quantitative estimate of drug-likeness (QED) is 0.429. The Hall–Kier alpha value is -1.92. The molecule has 1 aromatic rings. The smallest absolute Gasteiger partial charge is 0.353 e. The predicted molar refractivity (Wildman–Crippen MR) is 66.2 cm³/mol. The van der Waals surface area contributed by atoms with E-state index in [1.165, 1.54) is 6.33 Å². The van der Waals surface area contributed by atoms with Crippen LogP contribution in [-0.4, -0.2) is 28.5 Å². The van der Waals surface area contributed by atoms with Crippen molar-refractivity contribution in [1.29, 1.82) is 0 Å². The monoisotopic (exact) mass is 239 g/mol. The second kappa shape index (κ2) is 6.62. The number of hydrogen-bond acceptors (Lipinski definition) is 6. The first-order valence-electron chi connectivity index (χ1n) is 5.61. The molecular weight excluding hydrogens is 222 g/mol. The number of rotatable bonds is 7. The van der Waals surface area contributed by atoms with Gasteiger partial charge in [0.15, 0.2) is 0 Å². The fourth-order valence-corrected chi connectivity index (χ4v) is 1.45. The highest BCUT2D eigenvalue weighted by molar-refractivity contribution is 5.68. The van der Waals surface area contributed by atoms with Gasteiger partial charge in [-0.15, -0.1) is 0 Å². The van der Waals surface area contributed by atoms with E-state index in [9.17, 15) is 10.1 Å². The van der Waals surface area contributed by atoms with Crippen LogP contribution in [0.25, 0.3) is 0 Å². The molecule has 1 rings (SSSR count). The van der Waals surface area contributed by atoms with Crippen LogP contribution in [0.5, 0.6) is 0 Å². The number of hydrogen-bond donors (Lipinski definition) is 2. The maximum Gasteiger partial charge on any atom is 0.353 e. The third-order valence-corrected chi connectivity index (χ3v) is 2.31. The van der Waals surface area contributed by atoms with E-state index in [0.29, 0.717) is 6.54 Å². The summed E-state index contributed by atoms with van der Waals surface area (Å²) in [5.41, 5.74) is -0.105. The van der Waals surface area contributed by atoms with Crippen LogP contribution in [0.15, 0.2) is 6.33 Å². The predicted octanol–water partition coefficient (Wildman–Crippen LogP) is 2.03. The van der Waals surface area contributed by atoms with Gasteiger partial charge in [-0.1, -0.05) is 19.8 Å². The Kier molecular flexibility index (Phi) is 5.12. The van der Waals surface area contributed by atoms with Gasteiger partial charge in [0.2, 0.25) is 11.6 Å². The molecule has 0 bridgehead atoms. The topological polar surface area (TPSA) is 93.0 Å². The van der Waals surface area contributed by atoms with Crippen molar-refractivity contribution in [3.05, 3.63) is 16.4 Å². The summed E-state index contributed by atoms with van der Waals surface area (Å²) in [6.45, 7) is 2.78. The summed E-state index contributed by atoms with van der Waals surface area (Å²) < 4.78 is 0. The maximum absolute atomic E-state index is 10.9. The first-order chi connectivity index (χ1) is 8.20. The lowest BCUT2D eigenvalue weighted by Crippen LogP contribution is -2.09. The summed E-state index contributed by atoms with van der Waals surface area (Å²) in [5, 5.41) is 16.6. The molecule has 2 N–H and O–H groups in total. The number of nitro groups is 1. The first-order valence-corrected chi connectivity index (χ1v) is 5.61. The van der Waals surface area contributed by atoms with Crippen LogP contribution in [-0.2, 0) is 0 Å². The Balaban J connectivity index is 2.79. The molecule has 0 aliphatic rings. The van der Waals surface area contributed by atoms with Crippen molar-refractivity contribution in [2.75, 3.05) is 24.2 Å². The van der Waals surface area contributed by atoms with Gasteiger partial charge in [-0.05, 0) is 6.42 Å². The number of nitrogens with one attached hydrogen (secondary N) is 2. The number of unbranched alkanes of at least 4 members (excludes halogenated alkanes) is 2. The molecule has 7 nitrogen and oxygen atoms in total. The zero-order valence-corrected chi connectivity index (χ0v) is 10.1. The van der Waals surface area contributed by atoms with Crippen LogP contribution in [0.1, 0.15) is 26.2 Å². The maximum atomic E-state index is 10.9. The summed E-state index contributed by atoms with van der Waals surface area (Å²) in [4.78, 5) is 18.2. The van der Waals surface area contributed by atoms with Crippen LogP contribution in [0, 0.1) is 10.1 Å². The minimum atomic E-state index is -0.478. The normalized spacial score (nSPS) is 10.0. The Morgan fingerprint density at radius 2 is 2.06 bits per heavy atom. The molecule has 0 fully saturated rings. The molecular formula is C10H17N5O2. The lowest BCUT2D eigenvalue weighted by atomic mass is 10.2. The molecule has 0 aliphatic carbocycles. The highest BCUT2D eigenvalue weighted by atomic mass is 16.6. The van der Waals surface area contributed by atoms with Gasteiger partial charge >= 0.3 is 5.69 Å². The van der Waals surface area contributed by atoms with Gasteiger partial charge in [0.1, 0.15) is 6.33 Å². The molecule has 7 heteroatoms. The van der Waals surface area contributed by atoms with Crippen molar-refractivity contribution < 1.29 is 4.92 Å². The second-order valence-electron chi connectivity index (χ2n) is 3.56. The summed E-state index contributed by atoms with van der Waals surface area (Å²) in [5.74, 6) is 0.494. The Bertz CT molecular complexity index is 383. The fourth-order valence-electron chi connectivity index (χ4n) is 1.45. The lowest BCUT2D eigenvalue weighted by molar-refractivity contribution is -0.383. The highest BCUT2D eigenvalue weighted by Gasteiger charge is 2.21. The van der Waals surface area contributed by atoms with E-state index < -0.39 is 4.92 Å². The SMILES string of the molecule is CCCCCNc1ncnc(NC)c1[N+](=O)[O-]. The first kappa shape index (κ1) is 13.1. The minimum Gasteiger partial charge on any atom is -0.367 e. The molecule has 0 unspecified atom stereocenters.